The minimum Gasteiger partial charge on any atom is -0.355 e. The van der Waals surface area contributed by atoms with Crippen LogP contribution in [0.15, 0.2) is 12.3 Å². The largest absolute Gasteiger partial charge is 0.355 e. The number of ether oxygens (including phenoxy) is 2. The number of likely N-dealkylation sites (tertiary alicyclic amines) is 1. The van der Waals surface area contributed by atoms with Crippen molar-refractivity contribution in [3.05, 3.63) is 22.8 Å². The summed E-state index contributed by atoms with van der Waals surface area (Å²) in [7, 11) is 0. The van der Waals surface area contributed by atoms with Crippen LogP contribution in [0.25, 0.3) is 0 Å². The second kappa shape index (κ2) is 8.11. The fraction of sp³-hybridized carbons (Fsp3) is 0.684. The first-order chi connectivity index (χ1) is 12.7. The van der Waals surface area contributed by atoms with E-state index < -0.39 is 0 Å². The van der Waals surface area contributed by atoms with Crippen molar-refractivity contribution < 1.29 is 14.3 Å². The first kappa shape index (κ1) is 18.0. The van der Waals surface area contributed by atoms with Crippen LogP contribution in [0.3, 0.4) is 0 Å². The molecule has 0 N–H and O–H groups in total. The summed E-state index contributed by atoms with van der Waals surface area (Å²) in [6, 6.07) is 1.77. The van der Waals surface area contributed by atoms with Gasteiger partial charge in [-0.25, -0.2) is 4.98 Å². The van der Waals surface area contributed by atoms with E-state index in [1.165, 1.54) is 6.42 Å². The van der Waals surface area contributed by atoms with Gasteiger partial charge in [-0.1, -0.05) is 11.6 Å². The molecule has 0 saturated carbocycles. The van der Waals surface area contributed by atoms with E-state index in [-0.39, 0.29) is 12.2 Å². The second-order valence-corrected chi connectivity index (χ2v) is 7.72. The van der Waals surface area contributed by atoms with Gasteiger partial charge in [0.25, 0.3) is 5.91 Å². The third-order valence-corrected chi connectivity index (χ3v) is 5.86. The lowest BCUT2D eigenvalue weighted by Crippen LogP contribution is -2.39. The van der Waals surface area contributed by atoms with Gasteiger partial charge in [0.15, 0.2) is 6.29 Å². The molecule has 7 heteroatoms. The smallest absolute Gasteiger partial charge is 0.255 e. The number of carbonyl (C=O) groups is 1. The SMILES string of the molecule is O=C(c1cnc(N2CCC(C3OCCO3)CC2)c(Cl)c1)N1CCCCC1. The van der Waals surface area contributed by atoms with Crippen LogP contribution in [0.1, 0.15) is 42.5 Å². The van der Waals surface area contributed by atoms with Crippen LogP contribution in [0.5, 0.6) is 0 Å². The monoisotopic (exact) mass is 379 g/mol. The van der Waals surface area contributed by atoms with Crippen molar-refractivity contribution in [3.63, 3.8) is 0 Å². The van der Waals surface area contributed by atoms with E-state index in [4.69, 9.17) is 21.1 Å². The number of halogens is 1. The number of pyridine rings is 1. The molecule has 0 unspecified atom stereocenters. The molecule has 4 rings (SSSR count). The molecule has 0 aliphatic carbocycles. The van der Waals surface area contributed by atoms with Crippen molar-refractivity contribution in [2.45, 2.75) is 38.4 Å². The summed E-state index contributed by atoms with van der Waals surface area (Å²) in [5.74, 6) is 1.25. The molecule has 0 spiro atoms. The topological polar surface area (TPSA) is 54.9 Å². The normalized spacial score (nSPS) is 22.8. The van der Waals surface area contributed by atoms with E-state index in [0.717, 1.165) is 57.7 Å². The maximum Gasteiger partial charge on any atom is 0.255 e. The van der Waals surface area contributed by atoms with Crippen molar-refractivity contribution in [2.75, 3.05) is 44.3 Å². The van der Waals surface area contributed by atoms with Crippen molar-refractivity contribution >= 4 is 23.3 Å². The first-order valence-electron chi connectivity index (χ1n) is 9.65. The van der Waals surface area contributed by atoms with Crippen LogP contribution in [0, 0.1) is 5.92 Å². The number of rotatable bonds is 3. The Labute approximate surface area is 159 Å². The lowest BCUT2D eigenvalue weighted by molar-refractivity contribution is -0.0889. The van der Waals surface area contributed by atoms with Gasteiger partial charge in [-0.2, -0.15) is 0 Å². The van der Waals surface area contributed by atoms with E-state index in [0.29, 0.717) is 29.7 Å². The summed E-state index contributed by atoms with van der Waals surface area (Å²) in [5, 5.41) is 0.555. The van der Waals surface area contributed by atoms with E-state index in [1.807, 2.05) is 4.90 Å². The van der Waals surface area contributed by atoms with Crippen molar-refractivity contribution in [2.24, 2.45) is 5.92 Å². The van der Waals surface area contributed by atoms with Gasteiger partial charge in [0.2, 0.25) is 0 Å². The van der Waals surface area contributed by atoms with E-state index in [1.54, 1.807) is 12.3 Å². The lowest BCUT2D eigenvalue weighted by Gasteiger charge is -2.35. The van der Waals surface area contributed by atoms with Crippen LogP contribution in [-0.2, 0) is 9.47 Å². The number of hydrogen-bond acceptors (Lipinski definition) is 5. The van der Waals surface area contributed by atoms with Gasteiger partial charge in [0, 0.05) is 38.3 Å². The molecule has 0 aromatic carbocycles. The molecule has 0 bridgehead atoms. The minimum atomic E-state index is -0.0508. The molecule has 1 amide bonds. The van der Waals surface area contributed by atoms with Gasteiger partial charge in [-0.3, -0.25) is 4.79 Å². The van der Waals surface area contributed by atoms with Crippen molar-refractivity contribution in [3.8, 4) is 0 Å². The zero-order valence-corrected chi connectivity index (χ0v) is 15.8. The molecule has 1 aromatic heterocycles. The first-order valence-corrected chi connectivity index (χ1v) is 10.0. The predicted molar refractivity (Wildman–Crippen MR) is 99.6 cm³/mol. The highest BCUT2D eigenvalue weighted by Gasteiger charge is 2.31. The third-order valence-electron chi connectivity index (χ3n) is 5.58. The molecule has 26 heavy (non-hydrogen) atoms. The third kappa shape index (κ3) is 3.82. The summed E-state index contributed by atoms with van der Waals surface area (Å²) in [6.45, 7) is 4.81. The quantitative estimate of drug-likeness (QED) is 0.808. The van der Waals surface area contributed by atoms with Crippen LogP contribution in [0.4, 0.5) is 5.82 Å². The zero-order chi connectivity index (χ0) is 17.9. The average Bonchev–Trinajstić information content (AvgIpc) is 3.23. The number of anilines is 1. The molecule has 3 aliphatic rings. The molecule has 1 aromatic rings. The molecule has 0 radical (unpaired) electrons. The minimum absolute atomic E-state index is 0.0416. The highest BCUT2D eigenvalue weighted by atomic mass is 35.5. The summed E-state index contributed by atoms with van der Waals surface area (Å²) in [4.78, 5) is 21.2. The van der Waals surface area contributed by atoms with Gasteiger partial charge in [0.05, 0.1) is 23.8 Å². The standard InChI is InChI=1S/C19H26ClN3O3/c20-16-12-15(18(24)23-6-2-1-3-7-23)13-21-17(16)22-8-4-14(5-9-22)19-25-10-11-26-19/h12-14,19H,1-11H2. The van der Waals surface area contributed by atoms with E-state index >= 15 is 0 Å². The van der Waals surface area contributed by atoms with Crippen LogP contribution in [0.2, 0.25) is 5.02 Å². The zero-order valence-electron chi connectivity index (χ0n) is 15.0. The number of hydrogen-bond donors (Lipinski definition) is 0. The summed E-state index contributed by atoms with van der Waals surface area (Å²) >= 11 is 6.48. The van der Waals surface area contributed by atoms with Gasteiger partial charge in [-0.15, -0.1) is 0 Å². The molecule has 142 valence electrons. The maximum atomic E-state index is 12.6. The fourth-order valence-corrected chi connectivity index (χ4v) is 4.38. The Kier molecular flexibility index (Phi) is 5.62. The molecular formula is C19H26ClN3O3. The molecule has 3 fully saturated rings. The highest BCUT2D eigenvalue weighted by Crippen LogP contribution is 2.31. The summed E-state index contributed by atoms with van der Waals surface area (Å²) in [5.41, 5.74) is 0.586. The Hall–Kier alpha value is -1.37. The molecule has 4 heterocycles. The van der Waals surface area contributed by atoms with Gasteiger partial charge >= 0.3 is 0 Å². The Morgan fingerprint density at radius 3 is 2.42 bits per heavy atom. The number of amides is 1. The van der Waals surface area contributed by atoms with Crippen molar-refractivity contribution in [1.29, 1.82) is 0 Å². The average molecular weight is 380 g/mol. The number of aromatic nitrogens is 1. The van der Waals surface area contributed by atoms with E-state index in [9.17, 15) is 4.79 Å². The summed E-state index contributed by atoms with van der Waals surface area (Å²) < 4.78 is 11.3. The maximum absolute atomic E-state index is 12.6. The Balaban J connectivity index is 1.39. The fourth-order valence-electron chi connectivity index (χ4n) is 4.09. The van der Waals surface area contributed by atoms with E-state index in [2.05, 4.69) is 9.88 Å². The molecular weight excluding hydrogens is 354 g/mol. The number of nitrogens with zero attached hydrogens (tertiary/aromatic N) is 3. The summed E-state index contributed by atoms with van der Waals surface area (Å²) in [6.07, 6.45) is 6.98. The molecule has 0 atom stereocenters. The van der Waals surface area contributed by atoms with Gasteiger partial charge in [-0.05, 0) is 38.2 Å². The molecule has 3 saturated heterocycles. The van der Waals surface area contributed by atoms with Gasteiger partial charge in [0.1, 0.15) is 5.82 Å². The van der Waals surface area contributed by atoms with Crippen molar-refractivity contribution in [1.82, 2.24) is 9.88 Å². The highest BCUT2D eigenvalue weighted by molar-refractivity contribution is 6.33. The van der Waals surface area contributed by atoms with Crippen LogP contribution >= 0.6 is 11.6 Å². The Morgan fingerprint density at radius 2 is 1.77 bits per heavy atom. The van der Waals surface area contributed by atoms with Gasteiger partial charge < -0.3 is 19.3 Å². The number of carbonyl (C=O) groups excluding carboxylic acids is 1. The molecule has 3 aliphatic heterocycles. The predicted octanol–water partition coefficient (Wildman–Crippen LogP) is 2.95. The second-order valence-electron chi connectivity index (χ2n) is 7.32. The van der Waals surface area contributed by atoms with Crippen LogP contribution in [-0.4, -0.2) is 61.5 Å². The Bertz CT molecular complexity index is 637. The Morgan fingerprint density at radius 1 is 1.08 bits per heavy atom. The van der Waals surface area contributed by atoms with Crippen LogP contribution < -0.4 is 4.90 Å². The molecule has 6 nitrogen and oxygen atoms in total. The number of piperidine rings is 2. The lowest BCUT2D eigenvalue weighted by atomic mass is 9.96.